The van der Waals surface area contributed by atoms with Crippen molar-refractivity contribution in [2.24, 2.45) is 29.6 Å². The first-order chi connectivity index (χ1) is 16.6. The predicted molar refractivity (Wildman–Crippen MR) is 136 cm³/mol. The Bertz CT molecular complexity index is 972. The summed E-state index contributed by atoms with van der Waals surface area (Å²) in [5.41, 5.74) is 2.64. The lowest BCUT2D eigenvalue weighted by atomic mass is 9.69. The lowest BCUT2D eigenvalue weighted by molar-refractivity contribution is -0.156. The molecule has 7 heteroatoms. The Labute approximate surface area is 208 Å². The van der Waals surface area contributed by atoms with Crippen molar-refractivity contribution >= 4 is 23.5 Å². The fraction of sp³-hybridized carbons (Fsp3) is 0.607. The number of aryl methyl sites for hydroxylation is 2. The van der Waals surface area contributed by atoms with E-state index in [0.717, 1.165) is 11.1 Å². The lowest BCUT2D eigenvalue weighted by Gasteiger charge is -2.34. The molecule has 192 valence electrons. The van der Waals surface area contributed by atoms with Gasteiger partial charge >= 0.3 is 5.97 Å². The van der Waals surface area contributed by atoms with Gasteiger partial charge < -0.3 is 20.1 Å². The van der Waals surface area contributed by atoms with Gasteiger partial charge in [-0.3, -0.25) is 14.4 Å². The molecule has 0 spiro atoms. The third-order valence-electron chi connectivity index (χ3n) is 7.34. The number of nitrogens with one attached hydrogen (secondary N) is 1. The minimum Gasteiger partial charge on any atom is -0.466 e. The van der Waals surface area contributed by atoms with Crippen LogP contribution in [0.3, 0.4) is 0 Å². The van der Waals surface area contributed by atoms with Crippen LogP contribution in [-0.4, -0.2) is 53.1 Å². The molecule has 6 atom stereocenters. The molecule has 35 heavy (non-hydrogen) atoms. The van der Waals surface area contributed by atoms with Gasteiger partial charge in [-0.25, -0.2) is 0 Å². The fourth-order valence-corrected chi connectivity index (χ4v) is 5.69. The number of hydrogen-bond acceptors (Lipinski definition) is 5. The minimum absolute atomic E-state index is 0.139. The summed E-state index contributed by atoms with van der Waals surface area (Å²) in [4.78, 5) is 42.4. The maximum Gasteiger partial charge on any atom is 0.310 e. The molecule has 1 aromatic carbocycles. The molecule has 0 radical (unpaired) electrons. The summed E-state index contributed by atoms with van der Waals surface area (Å²) in [6.45, 7) is 11.6. The van der Waals surface area contributed by atoms with Crippen LogP contribution in [0.4, 0.5) is 5.69 Å². The summed E-state index contributed by atoms with van der Waals surface area (Å²) in [6.07, 6.45) is 5.14. The summed E-state index contributed by atoms with van der Waals surface area (Å²) >= 11 is 0. The number of carbonyl (C=O) groups is 3. The molecule has 0 saturated carbocycles. The van der Waals surface area contributed by atoms with E-state index in [9.17, 15) is 19.5 Å². The Balaban J connectivity index is 2.07. The second-order valence-electron chi connectivity index (χ2n) is 10.3. The van der Waals surface area contributed by atoms with E-state index in [1.54, 1.807) is 11.8 Å². The standard InChI is InChI=1S/C28H40N2O5/c1-7-19-11-12-21-24(23(19)28(34)35-8-2)27(33)30(20(15-31)13-16(3)4)25(21)26(32)29-22-14-17(5)9-10-18(22)6/h9-12,14,16,19-21,23-25,31H,7-8,13,15H2,1-6H3,(H,29,32)/t19-,20-,21+,23-,24+,25+/m1/s1. The van der Waals surface area contributed by atoms with E-state index >= 15 is 0 Å². The molecular weight excluding hydrogens is 444 g/mol. The molecule has 1 aliphatic heterocycles. The zero-order valence-corrected chi connectivity index (χ0v) is 21.8. The first-order valence-corrected chi connectivity index (χ1v) is 12.8. The van der Waals surface area contributed by atoms with Crippen molar-refractivity contribution in [2.45, 2.75) is 66.5 Å². The molecule has 1 heterocycles. The summed E-state index contributed by atoms with van der Waals surface area (Å²) in [5.74, 6) is -2.70. The number of hydrogen-bond donors (Lipinski definition) is 2. The molecule has 0 unspecified atom stereocenters. The third-order valence-corrected chi connectivity index (χ3v) is 7.34. The largest absolute Gasteiger partial charge is 0.466 e. The van der Waals surface area contributed by atoms with Gasteiger partial charge in [0.1, 0.15) is 6.04 Å². The number of amides is 2. The van der Waals surface area contributed by atoms with Gasteiger partial charge in [0.05, 0.1) is 31.1 Å². The highest BCUT2D eigenvalue weighted by molar-refractivity contribution is 6.02. The van der Waals surface area contributed by atoms with E-state index in [2.05, 4.69) is 5.32 Å². The quantitative estimate of drug-likeness (QED) is 0.410. The smallest absolute Gasteiger partial charge is 0.310 e. The highest BCUT2D eigenvalue weighted by atomic mass is 16.5. The number of rotatable bonds is 9. The van der Waals surface area contributed by atoms with Crippen LogP contribution in [0.15, 0.2) is 30.4 Å². The molecule has 3 rings (SSSR count). The molecule has 2 N–H and O–H groups in total. The van der Waals surface area contributed by atoms with Gasteiger partial charge in [0, 0.05) is 11.6 Å². The van der Waals surface area contributed by atoms with Crippen molar-refractivity contribution < 1.29 is 24.2 Å². The van der Waals surface area contributed by atoms with Crippen LogP contribution in [0.2, 0.25) is 0 Å². The van der Waals surface area contributed by atoms with E-state index in [0.29, 0.717) is 18.5 Å². The second kappa shape index (κ2) is 11.4. The van der Waals surface area contributed by atoms with Gasteiger partial charge in [-0.05, 0) is 62.6 Å². The zero-order valence-electron chi connectivity index (χ0n) is 21.8. The highest BCUT2D eigenvalue weighted by Gasteiger charge is 2.58. The molecule has 7 nitrogen and oxygen atoms in total. The first kappa shape index (κ1) is 26.9. The summed E-state index contributed by atoms with van der Waals surface area (Å²) in [7, 11) is 0. The zero-order chi connectivity index (χ0) is 25.9. The van der Waals surface area contributed by atoms with Gasteiger partial charge in [0.25, 0.3) is 0 Å². The summed E-state index contributed by atoms with van der Waals surface area (Å²) < 4.78 is 5.38. The number of ether oxygens (including phenoxy) is 1. The Morgan fingerprint density at radius 3 is 2.49 bits per heavy atom. The SMILES string of the molecule is CCOC(=O)[C@H]1[C@H]2C(=O)N([C@@H](CO)CC(C)C)[C@H](C(=O)Nc3cc(C)ccc3C)[C@H]2C=C[C@H]1CC. The maximum absolute atomic E-state index is 14.0. The Hall–Kier alpha value is -2.67. The Morgan fingerprint density at radius 1 is 1.17 bits per heavy atom. The topological polar surface area (TPSA) is 95.9 Å². The first-order valence-electron chi connectivity index (χ1n) is 12.8. The molecule has 2 amide bonds. The molecule has 1 fully saturated rings. The van der Waals surface area contributed by atoms with Crippen LogP contribution in [0, 0.1) is 43.4 Å². The fourth-order valence-electron chi connectivity index (χ4n) is 5.69. The third kappa shape index (κ3) is 5.45. The van der Waals surface area contributed by atoms with Gasteiger partial charge in [0.15, 0.2) is 0 Å². The second-order valence-corrected chi connectivity index (χ2v) is 10.3. The van der Waals surface area contributed by atoms with E-state index < -0.39 is 35.8 Å². The molecule has 2 aliphatic rings. The average Bonchev–Trinajstić information content (AvgIpc) is 3.11. The number of likely N-dealkylation sites (tertiary alicyclic amines) is 1. The van der Waals surface area contributed by atoms with E-state index in [1.165, 1.54) is 0 Å². The number of anilines is 1. The molecule has 1 saturated heterocycles. The average molecular weight is 485 g/mol. The predicted octanol–water partition coefficient (Wildman–Crippen LogP) is 3.87. The molecule has 1 aromatic rings. The van der Waals surface area contributed by atoms with Crippen LogP contribution in [0.5, 0.6) is 0 Å². The van der Waals surface area contributed by atoms with Gasteiger partial charge in [-0.1, -0.05) is 45.1 Å². The van der Waals surface area contributed by atoms with Crippen LogP contribution < -0.4 is 5.32 Å². The highest BCUT2D eigenvalue weighted by Crippen LogP contribution is 2.46. The van der Waals surface area contributed by atoms with Crippen LogP contribution in [0.25, 0.3) is 0 Å². The Kier molecular flexibility index (Phi) is 8.75. The number of aliphatic hydroxyl groups is 1. The van der Waals surface area contributed by atoms with Crippen molar-refractivity contribution in [3.63, 3.8) is 0 Å². The Morgan fingerprint density at radius 2 is 1.89 bits per heavy atom. The number of fused-ring (bicyclic) bond motifs is 1. The lowest BCUT2D eigenvalue weighted by Crippen LogP contribution is -2.51. The molecular formula is C28H40N2O5. The number of nitrogens with zero attached hydrogens (tertiary/aromatic N) is 1. The normalized spacial score (nSPS) is 26.6. The number of aliphatic hydroxyl groups excluding tert-OH is 1. The summed E-state index contributed by atoms with van der Waals surface area (Å²) in [6, 6.07) is 4.50. The van der Waals surface area contributed by atoms with Gasteiger partial charge in [-0.2, -0.15) is 0 Å². The van der Waals surface area contributed by atoms with Crippen molar-refractivity contribution in [3.8, 4) is 0 Å². The van der Waals surface area contributed by atoms with E-state index in [-0.39, 0.29) is 36.9 Å². The number of allylic oxidation sites excluding steroid dienone is 1. The molecule has 1 aliphatic carbocycles. The van der Waals surface area contributed by atoms with Crippen molar-refractivity contribution in [1.29, 1.82) is 0 Å². The van der Waals surface area contributed by atoms with Crippen molar-refractivity contribution in [3.05, 3.63) is 41.5 Å². The van der Waals surface area contributed by atoms with Crippen molar-refractivity contribution in [1.82, 2.24) is 4.90 Å². The number of benzene rings is 1. The van der Waals surface area contributed by atoms with E-state index in [1.807, 2.05) is 65.0 Å². The van der Waals surface area contributed by atoms with Gasteiger partial charge in [0.2, 0.25) is 11.8 Å². The molecule has 0 bridgehead atoms. The van der Waals surface area contributed by atoms with Crippen LogP contribution in [0.1, 0.15) is 51.7 Å². The minimum atomic E-state index is -0.825. The van der Waals surface area contributed by atoms with Crippen molar-refractivity contribution in [2.75, 3.05) is 18.5 Å². The maximum atomic E-state index is 14.0. The monoisotopic (exact) mass is 484 g/mol. The summed E-state index contributed by atoms with van der Waals surface area (Å²) in [5, 5.41) is 13.3. The van der Waals surface area contributed by atoms with Gasteiger partial charge in [-0.15, -0.1) is 0 Å². The number of carbonyl (C=O) groups excluding carboxylic acids is 3. The van der Waals surface area contributed by atoms with Crippen LogP contribution >= 0.6 is 0 Å². The van der Waals surface area contributed by atoms with E-state index in [4.69, 9.17) is 4.74 Å². The molecule has 0 aromatic heterocycles. The van der Waals surface area contributed by atoms with Crippen LogP contribution in [-0.2, 0) is 19.1 Å². The number of esters is 1.